The third-order valence-corrected chi connectivity index (χ3v) is 8.85. The van der Waals surface area contributed by atoms with Crippen LogP contribution in [0, 0.1) is 17.1 Å². The van der Waals surface area contributed by atoms with Gasteiger partial charge >= 0.3 is 0 Å². The number of nitrogens with zero attached hydrogens (tertiary/aromatic N) is 2. The highest BCUT2D eigenvalue weighted by molar-refractivity contribution is 8.00. The van der Waals surface area contributed by atoms with E-state index in [0.717, 1.165) is 41.4 Å². The molecule has 40 heavy (non-hydrogen) atoms. The summed E-state index contributed by atoms with van der Waals surface area (Å²) < 4.78 is 14.0. The number of benzene rings is 3. The van der Waals surface area contributed by atoms with Gasteiger partial charge in [-0.25, -0.2) is 4.39 Å². The summed E-state index contributed by atoms with van der Waals surface area (Å²) in [6.07, 6.45) is 0.771. The van der Waals surface area contributed by atoms with E-state index in [9.17, 15) is 19.2 Å². The molecule has 0 saturated heterocycles. The second-order valence-corrected chi connectivity index (χ2v) is 12.0. The third kappa shape index (κ3) is 6.42. The lowest BCUT2D eigenvalue weighted by Crippen LogP contribution is -2.29. The average Bonchev–Trinajstić information content (AvgIpc) is 3.30. The molecule has 1 atom stereocenters. The van der Waals surface area contributed by atoms with Crippen molar-refractivity contribution in [1.82, 2.24) is 4.90 Å². The molecular formula is C31H27FN4O2S2. The molecule has 202 valence electrons. The van der Waals surface area contributed by atoms with Gasteiger partial charge in [-0.3, -0.25) is 14.5 Å². The molecule has 6 nitrogen and oxygen atoms in total. The smallest absolute Gasteiger partial charge is 0.258 e. The van der Waals surface area contributed by atoms with Crippen LogP contribution < -0.4 is 10.6 Å². The monoisotopic (exact) mass is 570 g/mol. The van der Waals surface area contributed by atoms with Crippen LogP contribution in [0.2, 0.25) is 0 Å². The maximum Gasteiger partial charge on any atom is 0.258 e. The van der Waals surface area contributed by atoms with Gasteiger partial charge in [0.2, 0.25) is 5.91 Å². The number of hydrogen-bond acceptors (Lipinski definition) is 6. The number of nitrogens with one attached hydrogen (secondary N) is 2. The van der Waals surface area contributed by atoms with E-state index in [0.29, 0.717) is 16.3 Å². The Morgan fingerprint density at radius 1 is 1.07 bits per heavy atom. The number of thiophene rings is 1. The molecule has 0 spiro atoms. The highest BCUT2D eigenvalue weighted by Gasteiger charge is 2.26. The number of carbonyl (C=O) groups excluding carboxylic acids is 2. The molecule has 0 saturated carbocycles. The minimum Gasteiger partial charge on any atom is -0.322 e. The molecule has 2 amide bonds. The molecule has 0 fully saturated rings. The first kappa shape index (κ1) is 27.6. The zero-order chi connectivity index (χ0) is 28.1. The number of fused-ring (bicyclic) bond motifs is 1. The fourth-order valence-corrected chi connectivity index (χ4v) is 6.77. The molecule has 2 N–H and O–H groups in total. The number of carbonyl (C=O) groups is 2. The summed E-state index contributed by atoms with van der Waals surface area (Å²) in [7, 11) is 0. The van der Waals surface area contributed by atoms with Crippen LogP contribution in [-0.4, -0.2) is 28.5 Å². The van der Waals surface area contributed by atoms with Gasteiger partial charge in [-0.15, -0.1) is 23.1 Å². The molecule has 5 rings (SSSR count). The highest BCUT2D eigenvalue weighted by atomic mass is 32.2. The number of amides is 2. The molecule has 1 unspecified atom stereocenters. The van der Waals surface area contributed by atoms with Gasteiger partial charge in [0, 0.05) is 35.1 Å². The number of anilines is 2. The first-order chi connectivity index (χ1) is 19.4. The van der Waals surface area contributed by atoms with Crippen LogP contribution in [0.15, 0.2) is 83.8 Å². The van der Waals surface area contributed by atoms with Gasteiger partial charge in [-0.1, -0.05) is 48.5 Å². The predicted octanol–water partition coefficient (Wildman–Crippen LogP) is 6.69. The standard InChI is InChI=1S/C31H27FN4O2S2/c1-20(39-23-11-7-10-22(16-23)34-30(38)25-12-5-6-13-27(25)32)29(37)35-31-26(17-33)24-14-15-36(19-28(24)40-31)18-21-8-3-2-4-9-21/h2-13,16,20H,14-15,18-19H2,1H3,(H,34,38)(H,35,37). The van der Waals surface area contributed by atoms with Crippen molar-refractivity contribution < 1.29 is 14.0 Å². The first-order valence-electron chi connectivity index (χ1n) is 12.9. The Labute approximate surface area is 240 Å². The number of nitriles is 1. The van der Waals surface area contributed by atoms with Crippen LogP contribution in [0.3, 0.4) is 0 Å². The van der Waals surface area contributed by atoms with Crippen molar-refractivity contribution in [1.29, 1.82) is 5.26 Å². The number of halogens is 1. The Balaban J connectivity index is 1.22. The van der Waals surface area contributed by atoms with E-state index in [1.165, 1.54) is 46.9 Å². The minimum absolute atomic E-state index is 0.0385. The summed E-state index contributed by atoms with van der Waals surface area (Å²) in [5.74, 6) is -1.34. The van der Waals surface area contributed by atoms with E-state index >= 15 is 0 Å². The van der Waals surface area contributed by atoms with Crippen molar-refractivity contribution >= 4 is 45.6 Å². The second kappa shape index (κ2) is 12.5. The van der Waals surface area contributed by atoms with Crippen LogP contribution in [0.25, 0.3) is 0 Å². The highest BCUT2D eigenvalue weighted by Crippen LogP contribution is 2.37. The maximum atomic E-state index is 14.0. The van der Waals surface area contributed by atoms with Crippen LogP contribution in [0.5, 0.6) is 0 Å². The van der Waals surface area contributed by atoms with Crippen molar-refractivity contribution in [3.05, 3.63) is 112 Å². The Kier molecular flexibility index (Phi) is 8.60. The van der Waals surface area contributed by atoms with Crippen molar-refractivity contribution in [2.75, 3.05) is 17.2 Å². The van der Waals surface area contributed by atoms with E-state index in [2.05, 4.69) is 33.7 Å². The zero-order valence-electron chi connectivity index (χ0n) is 21.8. The fourth-order valence-electron chi connectivity index (χ4n) is 4.60. The fraction of sp³-hybridized carbons (Fsp3) is 0.194. The lowest BCUT2D eigenvalue weighted by Gasteiger charge is -2.26. The Bertz CT molecular complexity index is 1580. The molecule has 0 bridgehead atoms. The van der Waals surface area contributed by atoms with E-state index in [1.54, 1.807) is 31.2 Å². The predicted molar refractivity (Wildman–Crippen MR) is 158 cm³/mol. The van der Waals surface area contributed by atoms with Gasteiger partial charge in [-0.2, -0.15) is 5.26 Å². The lowest BCUT2D eigenvalue weighted by molar-refractivity contribution is -0.115. The van der Waals surface area contributed by atoms with E-state index in [1.807, 2.05) is 24.3 Å². The van der Waals surface area contributed by atoms with E-state index in [-0.39, 0.29) is 11.5 Å². The Hall–Kier alpha value is -3.97. The summed E-state index contributed by atoms with van der Waals surface area (Å²) >= 11 is 2.81. The van der Waals surface area contributed by atoms with Crippen LogP contribution in [0.4, 0.5) is 15.1 Å². The number of thioether (sulfide) groups is 1. The van der Waals surface area contributed by atoms with Crippen molar-refractivity contribution in [3.8, 4) is 6.07 Å². The van der Waals surface area contributed by atoms with E-state index in [4.69, 9.17) is 0 Å². The molecule has 1 aliphatic rings. The molecule has 1 aliphatic heterocycles. The van der Waals surface area contributed by atoms with Gasteiger partial charge < -0.3 is 10.6 Å². The summed E-state index contributed by atoms with van der Waals surface area (Å²) in [5, 5.41) is 15.7. The molecule has 4 aromatic rings. The summed E-state index contributed by atoms with van der Waals surface area (Å²) in [6.45, 7) is 4.24. The third-order valence-electron chi connectivity index (χ3n) is 6.63. The average molecular weight is 571 g/mol. The normalized spacial score (nSPS) is 13.6. The van der Waals surface area contributed by atoms with Crippen LogP contribution >= 0.6 is 23.1 Å². The number of hydrogen-bond donors (Lipinski definition) is 2. The molecular weight excluding hydrogens is 543 g/mol. The van der Waals surface area contributed by atoms with E-state index < -0.39 is 17.0 Å². The van der Waals surface area contributed by atoms with Gasteiger partial charge in [-0.05, 0) is 54.8 Å². The molecule has 3 aromatic carbocycles. The Morgan fingerprint density at radius 3 is 2.62 bits per heavy atom. The van der Waals surface area contributed by atoms with Gasteiger partial charge in [0.15, 0.2) is 0 Å². The van der Waals surface area contributed by atoms with Gasteiger partial charge in [0.25, 0.3) is 5.91 Å². The van der Waals surface area contributed by atoms with Gasteiger partial charge in [0.1, 0.15) is 16.9 Å². The van der Waals surface area contributed by atoms with Gasteiger partial charge in [0.05, 0.1) is 16.4 Å². The SMILES string of the molecule is CC(Sc1cccc(NC(=O)c2ccccc2F)c1)C(=O)Nc1sc2c(c1C#N)CCN(Cc1ccccc1)C2. The maximum absolute atomic E-state index is 14.0. The largest absolute Gasteiger partial charge is 0.322 e. The molecule has 0 radical (unpaired) electrons. The second-order valence-electron chi connectivity index (χ2n) is 9.48. The first-order valence-corrected chi connectivity index (χ1v) is 14.5. The number of rotatable bonds is 8. The summed E-state index contributed by atoms with van der Waals surface area (Å²) in [6, 6.07) is 25.5. The van der Waals surface area contributed by atoms with Crippen LogP contribution in [0.1, 0.15) is 38.8 Å². The van der Waals surface area contributed by atoms with Crippen molar-refractivity contribution in [2.45, 2.75) is 36.6 Å². The summed E-state index contributed by atoms with van der Waals surface area (Å²) in [4.78, 5) is 29.9. The molecule has 0 aliphatic carbocycles. The van der Waals surface area contributed by atoms with Crippen molar-refractivity contribution in [2.24, 2.45) is 0 Å². The zero-order valence-corrected chi connectivity index (χ0v) is 23.4. The topological polar surface area (TPSA) is 85.2 Å². The summed E-state index contributed by atoms with van der Waals surface area (Å²) in [5.41, 5.74) is 3.30. The molecule has 9 heteroatoms. The quantitative estimate of drug-likeness (QED) is 0.231. The lowest BCUT2D eigenvalue weighted by atomic mass is 10.0. The Morgan fingerprint density at radius 2 is 1.85 bits per heavy atom. The van der Waals surface area contributed by atoms with Crippen molar-refractivity contribution in [3.63, 3.8) is 0 Å². The minimum atomic E-state index is -0.591. The molecule has 2 heterocycles. The van der Waals surface area contributed by atoms with Crippen LogP contribution in [-0.2, 0) is 24.3 Å². The molecule has 1 aromatic heterocycles.